The number of nitro groups is 1. The maximum atomic E-state index is 13.2. The van der Waals surface area contributed by atoms with Gasteiger partial charge in [-0.3, -0.25) is 14.9 Å². The molecule has 0 heterocycles. The van der Waals surface area contributed by atoms with E-state index in [2.05, 4.69) is 0 Å². The van der Waals surface area contributed by atoms with Crippen LogP contribution in [0.2, 0.25) is 0 Å². The number of amides is 1. The Kier molecular flexibility index (Phi) is 5.23. The Labute approximate surface area is 162 Å². The van der Waals surface area contributed by atoms with Crippen LogP contribution in [0.4, 0.5) is 11.4 Å². The van der Waals surface area contributed by atoms with Crippen LogP contribution in [0.25, 0.3) is 0 Å². The second-order valence-electron chi connectivity index (χ2n) is 6.00. The first-order valence-electron chi connectivity index (χ1n) is 8.27. The van der Waals surface area contributed by atoms with Gasteiger partial charge in [0, 0.05) is 6.07 Å². The maximum Gasteiger partial charge on any atom is 0.282 e. The van der Waals surface area contributed by atoms with Crippen molar-refractivity contribution in [2.45, 2.75) is 11.8 Å². The molecule has 0 saturated carbocycles. The van der Waals surface area contributed by atoms with Crippen molar-refractivity contribution in [2.24, 2.45) is 0 Å². The molecule has 142 valence electrons. The number of anilines is 1. The predicted octanol–water partition coefficient (Wildman–Crippen LogP) is 3.94. The van der Waals surface area contributed by atoms with Gasteiger partial charge >= 0.3 is 0 Å². The monoisotopic (exact) mass is 396 g/mol. The highest BCUT2D eigenvalue weighted by molar-refractivity contribution is 7.93. The van der Waals surface area contributed by atoms with Gasteiger partial charge in [-0.25, -0.2) is 8.42 Å². The Balaban J connectivity index is 2.22. The summed E-state index contributed by atoms with van der Waals surface area (Å²) in [7, 11) is -4.30. The molecule has 8 heteroatoms. The van der Waals surface area contributed by atoms with Gasteiger partial charge < -0.3 is 0 Å². The number of benzene rings is 3. The number of rotatable bonds is 5. The third-order valence-electron chi connectivity index (χ3n) is 4.07. The van der Waals surface area contributed by atoms with E-state index in [1.54, 1.807) is 18.2 Å². The fourth-order valence-electron chi connectivity index (χ4n) is 2.67. The summed E-state index contributed by atoms with van der Waals surface area (Å²) < 4.78 is 27.1. The summed E-state index contributed by atoms with van der Waals surface area (Å²) in [6, 6.07) is 19.0. The lowest BCUT2D eigenvalue weighted by molar-refractivity contribution is -0.385. The Morgan fingerprint density at radius 2 is 1.46 bits per heavy atom. The van der Waals surface area contributed by atoms with Gasteiger partial charge in [0.2, 0.25) is 0 Å². The third-order valence-corrected chi connectivity index (χ3v) is 5.79. The molecule has 0 N–H and O–H groups in total. The van der Waals surface area contributed by atoms with Gasteiger partial charge in [-0.05, 0) is 37.3 Å². The van der Waals surface area contributed by atoms with Crippen molar-refractivity contribution in [1.29, 1.82) is 0 Å². The van der Waals surface area contributed by atoms with Crippen LogP contribution in [0.15, 0.2) is 83.8 Å². The predicted molar refractivity (Wildman–Crippen MR) is 105 cm³/mol. The number of nitro benzene ring substituents is 1. The minimum absolute atomic E-state index is 0.0949. The maximum absolute atomic E-state index is 13.2. The molecule has 0 saturated heterocycles. The molecule has 0 aliphatic rings. The van der Waals surface area contributed by atoms with Gasteiger partial charge in [0.05, 0.1) is 15.5 Å². The zero-order valence-electron chi connectivity index (χ0n) is 14.8. The van der Waals surface area contributed by atoms with Crippen molar-refractivity contribution in [3.8, 4) is 0 Å². The molecule has 1 amide bonds. The molecule has 0 aliphatic heterocycles. The quantitative estimate of drug-likeness (QED) is 0.481. The number of para-hydroxylation sites is 1. The van der Waals surface area contributed by atoms with E-state index < -0.39 is 26.5 Å². The molecule has 28 heavy (non-hydrogen) atoms. The Morgan fingerprint density at radius 3 is 2.07 bits per heavy atom. The zero-order valence-corrected chi connectivity index (χ0v) is 15.7. The second kappa shape index (κ2) is 7.61. The van der Waals surface area contributed by atoms with Crippen LogP contribution in [0.3, 0.4) is 0 Å². The van der Waals surface area contributed by atoms with Crippen molar-refractivity contribution in [3.63, 3.8) is 0 Å². The molecule has 0 aliphatic carbocycles. The van der Waals surface area contributed by atoms with E-state index in [0.717, 1.165) is 11.6 Å². The van der Waals surface area contributed by atoms with Crippen LogP contribution in [-0.2, 0) is 10.0 Å². The zero-order chi connectivity index (χ0) is 20.3. The third kappa shape index (κ3) is 3.63. The Morgan fingerprint density at radius 1 is 0.893 bits per heavy atom. The van der Waals surface area contributed by atoms with Gasteiger partial charge in [-0.15, -0.1) is 0 Å². The number of sulfonamides is 1. The number of hydrogen-bond donors (Lipinski definition) is 0. The molecular formula is C20H16N2O5S. The van der Waals surface area contributed by atoms with Crippen LogP contribution < -0.4 is 4.31 Å². The largest absolute Gasteiger partial charge is 0.282 e. The van der Waals surface area contributed by atoms with Crippen LogP contribution in [0, 0.1) is 17.0 Å². The SMILES string of the molecule is Cc1ccc(N(C(=O)c2ccccc2[N+](=O)[O-])S(=O)(=O)c2ccccc2)cc1. The van der Waals surface area contributed by atoms with Crippen molar-refractivity contribution in [1.82, 2.24) is 0 Å². The number of carbonyl (C=O) groups excluding carboxylic acids is 1. The van der Waals surface area contributed by atoms with Crippen LogP contribution in [0.1, 0.15) is 15.9 Å². The molecular weight excluding hydrogens is 380 g/mol. The van der Waals surface area contributed by atoms with Crippen LogP contribution in [-0.4, -0.2) is 19.2 Å². The van der Waals surface area contributed by atoms with E-state index in [0.29, 0.717) is 4.31 Å². The molecule has 0 aromatic heterocycles. The summed E-state index contributed by atoms with van der Waals surface area (Å²) in [5.41, 5.74) is 0.192. The standard InChI is InChI=1S/C20H16N2O5S/c1-15-11-13-16(14-12-15)21(28(26,27)17-7-3-2-4-8-17)20(23)18-9-5-6-10-19(18)22(24)25/h2-14H,1H3. The summed E-state index contributed by atoms with van der Waals surface area (Å²) in [4.78, 5) is 23.7. The normalized spacial score (nSPS) is 11.0. The van der Waals surface area contributed by atoms with Gasteiger partial charge in [0.25, 0.3) is 21.6 Å². The highest BCUT2D eigenvalue weighted by Gasteiger charge is 2.34. The molecule has 7 nitrogen and oxygen atoms in total. The summed E-state index contributed by atoms with van der Waals surface area (Å²) in [6.07, 6.45) is 0. The second-order valence-corrected chi connectivity index (χ2v) is 7.78. The smallest absolute Gasteiger partial charge is 0.267 e. The average Bonchev–Trinajstić information content (AvgIpc) is 2.70. The Hall–Kier alpha value is -3.52. The van der Waals surface area contributed by atoms with Crippen molar-refractivity contribution < 1.29 is 18.1 Å². The summed E-state index contributed by atoms with van der Waals surface area (Å²) >= 11 is 0. The number of nitrogens with zero attached hydrogens (tertiary/aromatic N) is 2. The molecule has 0 fully saturated rings. The summed E-state index contributed by atoms with van der Waals surface area (Å²) in [5, 5.41) is 11.3. The highest BCUT2D eigenvalue weighted by Crippen LogP contribution is 2.29. The summed E-state index contributed by atoms with van der Waals surface area (Å²) in [6.45, 7) is 1.82. The fourth-order valence-corrected chi connectivity index (χ4v) is 4.09. The topological polar surface area (TPSA) is 97.6 Å². The average molecular weight is 396 g/mol. The molecule has 0 unspecified atom stereocenters. The molecule has 0 spiro atoms. The summed E-state index contributed by atoms with van der Waals surface area (Å²) in [5.74, 6) is -1.000. The minimum Gasteiger partial charge on any atom is -0.267 e. The van der Waals surface area contributed by atoms with Gasteiger partial charge in [-0.2, -0.15) is 4.31 Å². The molecule has 3 aromatic carbocycles. The van der Waals surface area contributed by atoms with Crippen molar-refractivity contribution >= 4 is 27.3 Å². The molecule has 0 radical (unpaired) electrons. The lowest BCUT2D eigenvalue weighted by Crippen LogP contribution is -2.37. The molecule has 3 aromatic rings. The van der Waals surface area contributed by atoms with Gasteiger partial charge in [-0.1, -0.05) is 48.0 Å². The van der Waals surface area contributed by atoms with Crippen molar-refractivity contribution in [3.05, 3.63) is 100 Å². The van der Waals surface area contributed by atoms with E-state index in [-0.39, 0.29) is 16.1 Å². The Bertz CT molecular complexity index is 1130. The number of hydrogen-bond acceptors (Lipinski definition) is 5. The number of aryl methyl sites for hydroxylation is 1. The van der Waals surface area contributed by atoms with E-state index in [1.165, 1.54) is 54.6 Å². The van der Waals surface area contributed by atoms with E-state index >= 15 is 0 Å². The van der Waals surface area contributed by atoms with Crippen molar-refractivity contribution in [2.75, 3.05) is 4.31 Å². The van der Waals surface area contributed by atoms with Gasteiger partial charge in [0.15, 0.2) is 0 Å². The molecule has 0 bridgehead atoms. The van der Waals surface area contributed by atoms with Crippen LogP contribution in [0.5, 0.6) is 0 Å². The minimum atomic E-state index is -4.30. The lowest BCUT2D eigenvalue weighted by Gasteiger charge is -2.23. The molecule has 0 atom stereocenters. The number of carbonyl (C=O) groups is 1. The first-order valence-corrected chi connectivity index (χ1v) is 9.71. The first kappa shape index (κ1) is 19.2. The van der Waals surface area contributed by atoms with Crippen LogP contribution >= 0.6 is 0 Å². The fraction of sp³-hybridized carbons (Fsp3) is 0.0500. The van der Waals surface area contributed by atoms with E-state index in [9.17, 15) is 23.3 Å². The van der Waals surface area contributed by atoms with Gasteiger partial charge in [0.1, 0.15) is 5.56 Å². The van der Waals surface area contributed by atoms with E-state index in [4.69, 9.17) is 0 Å². The lowest BCUT2D eigenvalue weighted by atomic mass is 10.1. The first-order chi connectivity index (χ1) is 13.3. The highest BCUT2D eigenvalue weighted by atomic mass is 32.2. The molecule has 3 rings (SSSR count). The van der Waals surface area contributed by atoms with E-state index in [1.807, 2.05) is 6.92 Å².